The first-order valence-electron chi connectivity index (χ1n) is 9.35. The molecule has 2 atom stereocenters. The Kier molecular flexibility index (Phi) is 3.28. The number of allylic oxidation sites excluding steroid dienone is 4. The van der Waals surface area contributed by atoms with Crippen molar-refractivity contribution in [2.45, 2.75) is 40.5 Å². The zero-order chi connectivity index (χ0) is 16.7. The average molecular weight is 314 g/mol. The quantitative estimate of drug-likeness (QED) is 0.631. The zero-order valence-corrected chi connectivity index (χ0v) is 15.2. The predicted molar refractivity (Wildman–Crippen MR) is 98.7 cm³/mol. The third-order valence-corrected chi connectivity index (χ3v) is 7.39. The van der Waals surface area contributed by atoms with Crippen LogP contribution in [-0.4, -0.2) is 0 Å². The van der Waals surface area contributed by atoms with Crippen molar-refractivity contribution in [3.63, 3.8) is 0 Å². The summed E-state index contributed by atoms with van der Waals surface area (Å²) in [5.41, 5.74) is 0.531. The fraction of sp³-hybridized carbons (Fsp3) is 0.417. The number of fused-ring (bicyclic) bond motifs is 1. The molecule has 0 saturated heterocycles. The molecule has 122 valence electrons. The van der Waals surface area contributed by atoms with Gasteiger partial charge in [0, 0.05) is 17.8 Å². The molecule has 0 aromatic rings. The molecule has 2 bridgehead atoms. The van der Waals surface area contributed by atoms with E-state index in [0.29, 0.717) is 5.41 Å². The lowest BCUT2D eigenvalue weighted by Crippen LogP contribution is -2.55. The molecule has 0 N–H and O–H groups in total. The molecule has 0 aliphatic heterocycles. The molecular formula is C24H26. The molecule has 5 saturated carbocycles. The van der Waals surface area contributed by atoms with Crippen molar-refractivity contribution >= 4 is 0 Å². The van der Waals surface area contributed by atoms with Crippen LogP contribution in [0, 0.1) is 83.9 Å². The molecule has 0 heterocycles. The molecule has 0 spiro atoms. The second-order valence-electron chi connectivity index (χ2n) is 9.12. The van der Waals surface area contributed by atoms with Gasteiger partial charge in [-0.1, -0.05) is 52.0 Å². The van der Waals surface area contributed by atoms with E-state index in [2.05, 4.69) is 77.7 Å². The normalized spacial score (nSPS) is 37.7. The van der Waals surface area contributed by atoms with E-state index < -0.39 is 0 Å². The van der Waals surface area contributed by atoms with Gasteiger partial charge in [0.1, 0.15) is 0 Å². The van der Waals surface area contributed by atoms with Crippen LogP contribution in [0.3, 0.4) is 0 Å². The fourth-order valence-corrected chi connectivity index (χ4v) is 5.72. The molecule has 0 amide bonds. The minimum atomic E-state index is 0.0647. The molecular weight excluding hydrogens is 288 g/mol. The lowest BCUT2D eigenvalue weighted by Gasteiger charge is -2.63. The lowest BCUT2D eigenvalue weighted by atomic mass is 9.41. The largest absolute Gasteiger partial charge is 0.0759 e. The molecule has 6 aliphatic carbocycles. The lowest BCUT2D eigenvalue weighted by molar-refractivity contribution is -0.0364. The van der Waals surface area contributed by atoms with Crippen molar-refractivity contribution in [2.24, 2.45) is 22.7 Å². The van der Waals surface area contributed by atoms with Crippen molar-refractivity contribution in [1.29, 1.82) is 0 Å². The van der Waals surface area contributed by atoms with Crippen LogP contribution in [-0.2, 0) is 0 Å². The van der Waals surface area contributed by atoms with Crippen molar-refractivity contribution in [3.05, 3.63) is 85.5 Å². The summed E-state index contributed by atoms with van der Waals surface area (Å²) in [5, 5.41) is 0. The Labute approximate surface area is 149 Å². The summed E-state index contributed by atoms with van der Waals surface area (Å²) in [5.74, 6) is 11.1. The molecule has 0 heteroatoms. The van der Waals surface area contributed by atoms with Crippen LogP contribution < -0.4 is 0 Å². The first kappa shape index (κ1) is 15.7. The molecule has 0 aromatic heterocycles. The van der Waals surface area contributed by atoms with Crippen molar-refractivity contribution in [3.8, 4) is 0 Å². The van der Waals surface area contributed by atoms with E-state index in [1.165, 1.54) is 30.6 Å². The fourth-order valence-electron chi connectivity index (χ4n) is 5.72. The maximum Gasteiger partial charge on any atom is 0.0170 e. The summed E-state index contributed by atoms with van der Waals surface area (Å²) in [6, 6.07) is 0. The molecule has 5 fully saturated rings. The maximum absolute atomic E-state index is 2.49. The van der Waals surface area contributed by atoms with Crippen LogP contribution in [0.15, 0.2) is 24.3 Å². The summed E-state index contributed by atoms with van der Waals surface area (Å²) in [7, 11) is 0. The van der Waals surface area contributed by atoms with Crippen molar-refractivity contribution in [2.75, 3.05) is 0 Å². The average Bonchev–Trinajstić information content (AvgIpc) is 3.21. The SMILES string of the molecule is CC(C)([C]1[CH][CH][CH][CH]1)[C]1[C]2C=CC=C[C]2[C]2C[C@H]3C[C@@H]([C]21)C3(C)C. The van der Waals surface area contributed by atoms with Crippen LogP contribution in [0.5, 0.6) is 0 Å². The second-order valence-corrected chi connectivity index (χ2v) is 9.12. The van der Waals surface area contributed by atoms with Crippen LogP contribution in [0.1, 0.15) is 40.5 Å². The molecule has 24 heavy (non-hydrogen) atoms. The van der Waals surface area contributed by atoms with Gasteiger partial charge in [0.25, 0.3) is 0 Å². The first-order chi connectivity index (χ1) is 11.4. The highest BCUT2D eigenvalue weighted by molar-refractivity contribution is 5.75. The molecule has 10 radical (unpaired) electrons. The maximum atomic E-state index is 2.49. The van der Waals surface area contributed by atoms with Crippen LogP contribution in [0.25, 0.3) is 0 Å². The van der Waals surface area contributed by atoms with E-state index in [1.807, 2.05) is 0 Å². The van der Waals surface area contributed by atoms with E-state index in [9.17, 15) is 0 Å². The molecule has 0 nitrogen and oxygen atoms in total. The van der Waals surface area contributed by atoms with E-state index in [1.54, 1.807) is 17.8 Å². The molecule has 6 aliphatic rings. The Hall–Kier alpha value is -0.520. The highest BCUT2D eigenvalue weighted by Crippen LogP contribution is 2.76. The van der Waals surface area contributed by atoms with E-state index >= 15 is 0 Å². The van der Waals surface area contributed by atoms with Gasteiger partial charge in [-0.2, -0.15) is 0 Å². The second kappa shape index (κ2) is 5.01. The Morgan fingerprint density at radius 2 is 1.67 bits per heavy atom. The molecule has 0 unspecified atom stereocenters. The monoisotopic (exact) mass is 314 g/mol. The third-order valence-electron chi connectivity index (χ3n) is 7.39. The van der Waals surface area contributed by atoms with Gasteiger partial charge in [-0.25, -0.2) is 0 Å². The third kappa shape index (κ3) is 1.87. The summed E-state index contributed by atoms with van der Waals surface area (Å²) < 4.78 is 0. The number of rotatable bonds is 2. The predicted octanol–water partition coefficient (Wildman–Crippen LogP) is 5.50. The molecule has 6 rings (SSSR count). The smallest absolute Gasteiger partial charge is 0.0170 e. The highest BCUT2D eigenvalue weighted by atomic mass is 14.7. The van der Waals surface area contributed by atoms with Gasteiger partial charge < -0.3 is 0 Å². The van der Waals surface area contributed by atoms with Gasteiger partial charge in [-0.05, 0) is 78.9 Å². The first-order valence-corrected chi connectivity index (χ1v) is 9.35. The van der Waals surface area contributed by atoms with E-state index in [4.69, 9.17) is 0 Å². The Morgan fingerprint density at radius 3 is 2.33 bits per heavy atom. The Morgan fingerprint density at radius 1 is 1.00 bits per heavy atom. The zero-order valence-electron chi connectivity index (χ0n) is 15.2. The van der Waals surface area contributed by atoms with Crippen LogP contribution in [0.4, 0.5) is 0 Å². The minimum Gasteiger partial charge on any atom is -0.0759 e. The molecule has 0 aromatic carbocycles. The van der Waals surface area contributed by atoms with Gasteiger partial charge in [0.05, 0.1) is 0 Å². The van der Waals surface area contributed by atoms with Gasteiger partial charge in [-0.3, -0.25) is 0 Å². The van der Waals surface area contributed by atoms with E-state index in [-0.39, 0.29) is 5.41 Å². The summed E-state index contributed by atoms with van der Waals surface area (Å²) in [4.78, 5) is 0. The van der Waals surface area contributed by atoms with Crippen LogP contribution in [0.2, 0.25) is 0 Å². The van der Waals surface area contributed by atoms with Gasteiger partial charge in [0.15, 0.2) is 0 Å². The highest BCUT2D eigenvalue weighted by Gasteiger charge is 2.68. The summed E-state index contributed by atoms with van der Waals surface area (Å²) in [6.45, 7) is 9.82. The summed E-state index contributed by atoms with van der Waals surface area (Å²) in [6.07, 6.45) is 20.8. The van der Waals surface area contributed by atoms with Crippen molar-refractivity contribution < 1.29 is 0 Å². The van der Waals surface area contributed by atoms with Gasteiger partial charge in [-0.15, -0.1) is 0 Å². The standard InChI is InChI=1S/C24H26/c1-23(2)16-13-19-17-11-7-8-12-18(17)22(21(19)20(23)14-16)24(3,4)15-9-5-6-10-15/h5-12,16,20H,13-14H2,1-4H3/t16-,20-/m0/s1. The van der Waals surface area contributed by atoms with Gasteiger partial charge in [0.2, 0.25) is 0 Å². The van der Waals surface area contributed by atoms with Crippen molar-refractivity contribution in [1.82, 2.24) is 0 Å². The Balaban J connectivity index is 1.56. The Bertz CT molecular complexity index is 571. The number of hydrogen-bond acceptors (Lipinski definition) is 0. The number of hydrogen-bond donors (Lipinski definition) is 0. The minimum absolute atomic E-state index is 0.0647. The van der Waals surface area contributed by atoms with Crippen LogP contribution >= 0.6 is 0 Å². The van der Waals surface area contributed by atoms with E-state index in [0.717, 1.165) is 11.8 Å². The summed E-state index contributed by atoms with van der Waals surface area (Å²) >= 11 is 0. The van der Waals surface area contributed by atoms with Gasteiger partial charge >= 0.3 is 0 Å². The topological polar surface area (TPSA) is 0 Å².